The van der Waals surface area contributed by atoms with E-state index in [1.807, 2.05) is 18.2 Å². The fourth-order valence-electron chi connectivity index (χ4n) is 3.72. The van der Waals surface area contributed by atoms with Crippen LogP contribution in [0.15, 0.2) is 53.7 Å². The maximum absolute atomic E-state index is 12.2. The van der Waals surface area contributed by atoms with Gasteiger partial charge in [-0.25, -0.2) is 0 Å². The van der Waals surface area contributed by atoms with Gasteiger partial charge in [-0.2, -0.15) is 0 Å². The first-order valence-corrected chi connectivity index (χ1v) is 10.9. The first-order valence-electron chi connectivity index (χ1n) is 10.9. The molecule has 2 aromatic carbocycles. The van der Waals surface area contributed by atoms with Gasteiger partial charge in [-0.15, -0.1) is 24.0 Å². The molecule has 0 atom stereocenters. The third kappa shape index (κ3) is 6.72. The van der Waals surface area contributed by atoms with Gasteiger partial charge in [0.25, 0.3) is 5.91 Å². The Labute approximate surface area is 207 Å². The highest BCUT2D eigenvalue weighted by Crippen LogP contribution is 2.22. The van der Waals surface area contributed by atoms with Crippen LogP contribution in [-0.2, 0) is 12.8 Å². The van der Waals surface area contributed by atoms with Gasteiger partial charge in [0.1, 0.15) is 0 Å². The van der Waals surface area contributed by atoms with Crippen LogP contribution in [0.25, 0.3) is 10.9 Å². The van der Waals surface area contributed by atoms with Crippen molar-refractivity contribution in [3.63, 3.8) is 0 Å². The van der Waals surface area contributed by atoms with E-state index in [-0.39, 0.29) is 29.9 Å². The fourth-order valence-corrected chi connectivity index (χ4v) is 3.72. The topological polar surface area (TPSA) is 72.5 Å². The summed E-state index contributed by atoms with van der Waals surface area (Å²) in [5, 5.41) is 8.03. The van der Waals surface area contributed by atoms with Crippen molar-refractivity contribution in [3.05, 3.63) is 70.9 Å². The number of benzene rings is 2. The number of rotatable bonds is 8. The third-order valence-electron chi connectivity index (χ3n) is 5.28. The van der Waals surface area contributed by atoms with Crippen molar-refractivity contribution in [1.82, 2.24) is 20.5 Å². The number of hydrogen-bond donors (Lipinski definition) is 3. The second kappa shape index (κ2) is 12.5. The minimum absolute atomic E-state index is 0. The number of carbonyl (C=O) groups is 1. The molecule has 1 heterocycles. The first-order chi connectivity index (χ1) is 15.0. The lowest BCUT2D eigenvalue weighted by molar-refractivity contribution is 0.0827. The summed E-state index contributed by atoms with van der Waals surface area (Å²) in [6, 6.07) is 14.2. The normalized spacial score (nSPS) is 11.2. The Hall–Kier alpha value is -2.55. The van der Waals surface area contributed by atoms with Gasteiger partial charge < -0.3 is 20.5 Å². The Balaban J connectivity index is 0.00000363. The smallest absolute Gasteiger partial charge is 0.253 e. The molecule has 0 unspecified atom stereocenters. The zero-order chi connectivity index (χ0) is 22.2. The molecule has 7 heteroatoms. The molecule has 3 aromatic rings. The molecule has 0 saturated heterocycles. The number of aliphatic imine (C=N–C) groups is 1. The van der Waals surface area contributed by atoms with E-state index >= 15 is 0 Å². The molecule has 0 saturated carbocycles. The highest BCUT2D eigenvalue weighted by atomic mass is 127. The van der Waals surface area contributed by atoms with Crippen molar-refractivity contribution < 1.29 is 4.79 Å². The van der Waals surface area contributed by atoms with Gasteiger partial charge in [-0.05, 0) is 61.6 Å². The molecular weight excluding hydrogens is 513 g/mol. The number of aromatic nitrogens is 1. The predicted octanol–water partition coefficient (Wildman–Crippen LogP) is 4.14. The number of halogens is 1. The maximum atomic E-state index is 12.2. The molecule has 0 bridgehead atoms. The average molecular weight is 547 g/mol. The molecule has 1 aromatic heterocycles. The van der Waals surface area contributed by atoms with Crippen LogP contribution >= 0.6 is 24.0 Å². The lowest BCUT2D eigenvalue weighted by atomic mass is 10.1. The van der Waals surface area contributed by atoms with E-state index < -0.39 is 0 Å². The number of amides is 1. The number of aromatic amines is 1. The number of nitrogens with zero attached hydrogens (tertiary/aromatic N) is 2. The number of aryl methyl sites for hydroxylation is 1. The van der Waals surface area contributed by atoms with Crippen LogP contribution in [0.2, 0.25) is 0 Å². The van der Waals surface area contributed by atoms with Crippen LogP contribution in [0, 0.1) is 6.92 Å². The zero-order valence-electron chi connectivity index (χ0n) is 19.4. The molecule has 3 N–H and O–H groups in total. The summed E-state index contributed by atoms with van der Waals surface area (Å²) in [6.45, 7) is 6.48. The molecule has 0 fully saturated rings. The minimum atomic E-state index is 0. The summed E-state index contributed by atoms with van der Waals surface area (Å²) in [7, 11) is 3.54. The van der Waals surface area contributed by atoms with E-state index in [9.17, 15) is 4.79 Å². The van der Waals surface area contributed by atoms with Crippen LogP contribution in [0.3, 0.4) is 0 Å². The number of guanidine groups is 1. The third-order valence-corrected chi connectivity index (χ3v) is 5.28. The standard InChI is InChI=1S/C25H33N5O.HI/c1-5-26-25(27-14-12-19-9-7-10-20(16-19)24(31)30(3)4)28-15-13-21-17-29-22-11-6-8-18(2)23(21)22;/h6-11,16-17,29H,5,12-15H2,1-4H3,(H2,26,27,28);1H. The lowest BCUT2D eigenvalue weighted by Crippen LogP contribution is -2.38. The first kappa shape index (κ1) is 25.7. The van der Waals surface area contributed by atoms with Gasteiger partial charge in [0, 0.05) is 56.4 Å². The quantitative estimate of drug-likeness (QED) is 0.226. The summed E-state index contributed by atoms with van der Waals surface area (Å²) in [5.74, 6) is 0.844. The monoisotopic (exact) mass is 547 g/mol. The highest BCUT2D eigenvalue weighted by Gasteiger charge is 2.08. The van der Waals surface area contributed by atoms with Crippen molar-refractivity contribution in [3.8, 4) is 0 Å². The predicted molar refractivity (Wildman–Crippen MR) is 144 cm³/mol. The molecule has 0 radical (unpaired) electrons. The van der Waals surface area contributed by atoms with Crippen LogP contribution in [0.1, 0.15) is 34.0 Å². The number of carbonyl (C=O) groups excluding carboxylic acids is 1. The van der Waals surface area contributed by atoms with E-state index in [0.717, 1.165) is 43.0 Å². The van der Waals surface area contributed by atoms with Gasteiger partial charge >= 0.3 is 0 Å². The molecule has 3 rings (SSSR count). The molecule has 0 aliphatic rings. The van der Waals surface area contributed by atoms with E-state index in [2.05, 4.69) is 59.9 Å². The average Bonchev–Trinajstić information content (AvgIpc) is 3.18. The van der Waals surface area contributed by atoms with Gasteiger partial charge in [-0.3, -0.25) is 9.79 Å². The summed E-state index contributed by atoms with van der Waals surface area (Å²) in [5.41, 5.74) is 5.62. The van der Waals surface area contributed by atoms with E-state index in [1.165, 1.54) is 22.0 Å². The van der Waals surface area contributed by atoms with Crippen LogP contribution in [-0.4, -0.2) is 55.5 Å². The zero-order valence-corrected chi connectivity index (χ0v) is 21.7. The number of nitrogens with one attached hydrogen (secondary N) is 3. The number of fused-ring (bicyclic) bond motifs is 1. The summed E-state index contributed by atoms with van der Waals surface area (Å²) < 4.78 is 0. The fraction of sp³-hybridized carbons (Fsp3) is 0.360. The highest BCUT2D eigenvalue weighted by molar-refractivity contribution is 14.0. The second-order valence-corrected chi connectivity index (χ2v) is 7.90. The van der Waals surface area contributed by atoms with Crippen LogP contribution in [0.5, 0.6) is 0 Å². The van der Waals surface area contributed by atoms with Crippen molar-refractivity contribution in [2.75, 3.05) is 33.7 Å². The Morgan fingerprint density at radius 3 is 2.62 bits per heavy atom. The molecule has 1 amide bonds. The van der Waals surface area contributed by atoms with Crippen LogP contribution < -0.4 is 10.6 Å². The summed E-state index contributed by atoms with van der Waals surface area (Å²) >= 11 is 0. The molecule has 172 valence electrons. The summed E-state index contributed by atoms with van der Waals surface area (Å²) in [4.78, 5) is 21.9. The van der Waals surface area contributed by atoms with Crippen molar-refractivity contribution in [2.45, 2.75) is 26.7 Å². The lowest BCUT2D eigenvalue weighted by Gasteiger charge is -2.13. The number of H-pyrrole nitrogens is 1. The van der Waals surface area contributed by atoms with Gasteiger partial charge in [-0.1, -0.05) is 24.3 Å². The Morgan fingerprint density at radius 2 is 1.88 bits per heavy atom. The molecular formula is C25H34IN5O. The minimum Gasteiger partial charge on any atom is -0.361 e. The maximum Gasteiger partial charge on any atom is 0.253 e. The molecule has 0 aliphatic heterocycles. The molecule has 0 spiro atoms. The molecule has 32 heavy (non-hydrogen) atoms. The summed E-state index contributed by atoms with van der Waals surface area (Å²) in [6.07, 6.45) is 3.80. The van der Waals surface area contributed by atoms with E-state index in [1.54, 1.807) is 19.0 Å². The van der Waals surface area contributed by atoms with Gasteiger partial charge in [0.05, 0.1) is 0 Å². The Bertz CT molecular complexity index is 1060. The van der Waals surface area contributed by atoms with Crippen molar-refractivity contribution in [1.29, 1.82) is 0 Å². The van der Waals surface area contributed by atoms with Crippen molar-refractivity contribution in [2.24, 2.45) is 4.99 Å². The van der Waals surface area contributed by atoms with Gasteiger partial charge in [0.15, 0.2) is 5.96 Å². The SMILES string of the molecule is CCNC(=NCCc1c[nH]c2cccc(C)c12)NCCc1cccc(C(=O)N(C)C)c1.I. The molecule has 6 nitrogen and oxygen atoms in total. The Morgan fingerprint density at radius 1 is 1.09 bits per heavy atom. The van der Waals surface area contributed by atoms with Gasteiger partial charge in [0.2, 0.25) is 0 Å². The number of hydrogen-bond acceptors (Lipinski definition) is 2. The van der Waals surface area contributed by atoms with E-state index in [0.29, 0.717) is 6.54 Å². The largest absolute Gasteiger partial charge is 0.361 e. The van der Waals surface area contributed by atoms with E-state index in [4.69, 9.17) is 4.99 Å². The van der Waals surface area contributed by atoms with Crippen LogP contribution in [0.4, 0.5) is 0 Å². The molecule has 0 aliphatic carbocycles. The Kier molecular flexibility index (Phi) is 10.0. The van der Waals surface area contributed by atoms with Crippen molar-refractivity contribution >= 4 is 46.7 Å². The second-order valence-electron chi connectivity index (χ2n) is 7.90.